The number of hydrogen-bond acceptors (Lipinski definition) is 4. The van der Waals surface area contributed by atoms with Crippen molar-refractivity contribution in [2.24, 2.45) is 0 Å². The fourth-order valence-corrected chi connectivity index (χ4v) is 3.52. The highest BCUT2D eigenvalue weighted by atomic mass is 35.5. The summed E-state index contributed by atoms with van der Waals surface area (Å²) >= 11 is 11.9. The molecule has 33 heavy (non-hydrogen) atoms. The number of barbiturate groups is 1. The molecule has 0 atom stereocenters. The van der Waals surface area contributed by atoms with Crippen LogP contribution >= 0.6 is 23.2 Å². The van der Waals surface area contributed by atoms with Crippen LogP contribution in [0.4, 0.5) is 10.5 Å². The van der Waals surface area contributed by atoms with E-state index in [1.807, 2.05) is 31.2 Å². The van der Waals surface area contributed by atoms with Crippen LogP contribution < -0.4 is 15.0 Å². The van der Waals surface area contributed by atoms with Gasteiger partial charge in [0.1, 0.15) is 17.9 Å². The summed E-state index contributed by atoms with van der Waals surface area (Å²) < 4.78 is 5.84. The molecule has 166 valence electrons. The molecule has 1 N–H and O–H groups in total. The summed E-state index contributed by atoms with van der Waals surface area (Å²) in [6.07, 6.45) is 1.41. The minimum absolute atomic E-state index is 0.177. The van der Waals surface area contributed by atoms with Crippen LogP contribution in [0, 0.1) is 6.92 Å². The zero-order valence-corrected chi connectivity index (χ0v) is 19.0. The Hall–Kier alpha value is -3.61. The fourth-order valence-electron chi connectivity index (χ4n) is 3.23. The number of benzene rings is 3. The Morgan fingerprint density at radius 3 is 2.42 bits per heavy atom. The van der Waals surface area contributed by atoms with Crippen LogP contribution in [0.2, 0.25) is 10.0 Å². The van der Waals surface area contributed by atoms with Crippen LogP contribution in [0.15, 0.2) is 72.3 Å². The molecule has 0 unspecified atom stereocenters. The third-order valence-corrected chi connectivity index (χ3v) is 5.70. The number of imide groups is 2. The molecule has 1 fully saturated rings. The maximum Gasteiger partial charge on any atom is 0.335 e. The largest absolute Gasteiger partial charge is 0.489 e. The third-order valence-electron chi connectivity index (χ3n) is 4.96. The Kier molecular flexibility index (Phi) is 6.49. The molecule has 8 heteroatoms. The van der Waals surface area contributed by atoms with Crippen molar-refractivity contribution < 1.29 is 19.1 Å². The van der Waals surface area contributed by atoms with Gasteiger partial charge in [-0.1, -0.05) is 65.2 Å². The predicted molar refractivity (Wildman–Crippen MR) is 127 cm³/mol. The van der Waals surface area contributed by atoms with Gasteiger partial charge < -0.3 is 4.74 Å². The Labute approximate surface area is 200 Å². The van der Waals surface area contributed by atoms with E-state index in [0.29, 0.717) is 17.9 Å². The molecule has 0 aromatic heterocycles. The van der Waals surface area contributed by atoms with Crippen LogP contribution in [0.25, 0.3) is 6.08 Å². The number of urea groups is 1. The van der Waals surface area contributed by atoms with Crippen LogP contribution in [0.1, 0.15) is 16.7 Å². The first kappa shape index (κ1) is 22.6. The molecule has 1 saturated heterocycles. The molecule has 3 aromatic carbocycles. The lowest BCUT2D eigenvalue weighted by molar-refractivity contribution is -0.122. The van der Waals surface area contributed by atoms with Gasteiger partial charge in [0.05, 0.1) is 15.7 Å². The van der Waals surface area contributed by atoms with Crippen molar-refractivity contribution in [3.05, 3.63) is 99.0 Å². The highest BCUT2D eigenvalue weighted by Gasteiger charge is 2.37. The summed E-state index contributed by atoms with van der Waals surface area (Å²) in [5.41, 5.74) is 2.74. The molecular formula is C25H18Cl2N2O4. The van der Waals surface area contributed by atoms with Gasteiger partial charge in [-0.15, -0.1) is 0 Å². The zero-order chi connectivity index (χ0) is 23.5. The van der Waals surface area contributed by atoms with Crippen molar-refractivity contribution in [3.63, 3.8) is 0 Å². The van der Waals surface area contributed by atoms with Crippen molar-refractivity contribution in [1.29, 1.82) is 0 Å². The number of nitrogens with zero attached hydrogens (tertiary/aromatic N) is 1. The van der Waals surface area contributed by atoms with Gasteiger partial charge in [0.25, 0.3) is 11.8 Å². The lowest BCUT2D eigenvalue weighted by Crippen LogP contribution is -2.54. The number of carbonyl (C=O) groups excluding carboxylic acids is 3. The standard InChI is InChI=1S/C25H18Cl2N2O4/c1-15-5-7-16(8-6-15)14-33-19-4-2-3-17(11-19)12-20-23(30)28-25(32)29(24(20)31)18-9-10-21(26)22(27)13-18/h2-13H,14H2,1H3,(H,28,30,32)/b20-12+. The summed E-state index contributed by atoms with van der Waals surface area (Å²) in [7, 11) is 0. The molecule has 0 spiro atoms. The Bertz CT molecular complexity index is 1290. The van der Waals surface area contributed by atoms with Crippen molar-refractivity contribution >= 4 is 52.8 Å². The molecule has 0 bridgehead atoms. The lowest BCUT2D eigenvalue weighted by Gasteiger charge is -2.26. The van der Waals surface area contributed by atoms with Gasteiger partial charge in [-0.25, -0.2) is 9.69 Å². The first-order valence-electron chi connectivity index (χ1n) is 9.97. The van der Waals surface area contributed by atoms with E-state index in [9.17, 15) is 14.4 Å². The van der Waals surface area contributed by atoms with Gasteiger partial charge in [-0.3, -0.25) is 14.9 Å². The quantitative estimate of drug-likeness (QED) is 0.383. The van der Waals surface area contributed by atoms with E-state index in [0.717, 1.165) is 16.0 Å². The number of hydrogen-bond donors (Lipinski definition) is 1. The summed E-state index contributed by atoms with van der Waals surface area (Å²) in [5.74, 6) is -0.980. The zero-order valence-electron chi connectivity index (χ0n) is 17.5. The number of carbonyl (C=O) groups is 3. The average molecular weight is 481 g/mol. The highest BCUT2D eigenvalue weighted by Crippen LogP contribution is 2.29. The lowest BCUT2D eigenvalue weighted by atomic mass is 10.1. The molecule has 4 rings (SSSR count). The summed E-state index contributed by atoms with van der Waals surface area (Å²) in [6.45, 7) is 2.39. The minimum Gasteiger partial charge on any atom is -0.489 e. The monoisotopic (exact) mass is 480 g/mol. The molecule has 0 saturated carbocycles. The minimum atomic E-state index is -0.865. The number of ether oxygens (including phenoxy) is 1. The van der Waals surface area contributed by atoms with Crippen LogP contribution in [-0.2, 0) is 16.2 Å². The van der Waals surface area contributed by atoms with Gasteiger partial charge >= 0.3 is 6.03 Å². The summed E-state index contributed by atoms with van der Waals surface area (Å²) in [6, 6.07) is 18.4. The molecule has 1 aliphatic heterocycles. The molecular weight excluding hydrogens is 463 g/mol. The molecule has 3 aromatic rings. The van der Waals surface area contributed by atoms with E-state index >= 15 is 0 Å². The number of rotatable bonds is 5. The Morgan fingerprint density at radius 2 is 1.70 bits per heavy atom. The van der Waals surface area contributed by atoms with Crippen molar-refractivity contribution in [3.8, 4) is 5.75 Å². The topological polar surface area (TPSA) is 75.7 Å². The fraction of sp³-hybridized carbons (Fsp3) is 0.0800. The molecule has 1 aliphatic rings. The van der Waals surface area contributed by atoms with Gasteiger partial charge in [-0.2, -0.15) is 0 Å². The van der Waals surface area contributed by atoms with Gasteiger partial charge in [-0.05, 0) is 54.5 Å². The van der Waals surface area contributed by atoms with Crippen LogP contribution in [0.3, 0.4) is 0 Å². The van der Waals surface area contributed by atoms with E-state index in [2.05, 4.69) is 5.32 Å². The highest BCUT2D eigenvalue weighted by molar-refractivity contribution is 6.43. The number of halogens is 2. The van der Waals surface area contributed by atoms with E-state index < -0.39 is 17.8 Å². The smallest absolute Gasteiger partial charge is 0.335 e. The van der Waals surface area contributed by atoms with E-state index in [4.69, 9.17) is 27.9 Å². The number of amides is 4. The normalized spacial score (nSPS) is 15.1. The number of aryl methyl sites for hydroxylation is 1. The average Bonchev–Trinajstić information content (AvgIpc) is 2.79. The SMILES string of the molecule is Cc1ccc(COc2cccc(/C=C3\C(=O)NC(=O)N(c4ccc(Cl)c(Cl)c4)C3=O)c2)cc1. The van der Waals surface area contributed by atoms with E-state index in [1.54, 1.807) is 24.3 Å². The number of nitrogens with one attached hydrogen (secondary N) is 1. The van der Waals surface area contributed by atoms with Crippen LogP contribution in [-0.4, -0.2) is 17.8 Å². The van der Waals surface area contributed by atoms with Crippen molar-refractivity contribution in [2.45, 2.75) is 13.5 Å². The molecule has 6 nitrogen and oxygen atoms in total. The van der Waals surface area contributed by atoms with E-state index in [-0.39, 0.29) is 21.3 Å². The second-order valence-electron chi connectivity index (χ2n) is 7.40. The second kappa shape index (κ2) is 9.48. The van der Waals surface area contributed by atoms with Gasteiger partial charge in [0, 0.05) is 0 Å². The Balaban J connectivity index is 1.58. The maximum atomic E-state index is 13.0. The molecule has 0 radical (unpaired) electrons. The van der Waals surface area contributed by atoms with Crippen molar-refractivity contribution in [2.75, 3.05) is 4.90 Å². The number of anilines is 1. The van der Waals surface area contributed by atoms with Gasteiger partial charge in [0.2, 0.25) is 0 Å². The van der Waals surface area contributed by atoms with Crippen LogP contribution in [0.5, 0.6) is 5.75 Å². The summed E-state index contributed by atoms with van der Waals surface area (Å²) in [5, 5.41) is 2.63. The molecule has 1 heterocycles. The van der Waals surface area contributed by atoms with E-state index in [1.165, 1.54) is 24.3 Å². The predicted octanol–water partition coefficient (Wildman–Crippen LogP) is 5.55. The summed E-state index contributed by atoms with van der Waals surface area (Å²) in [4.78, 5) is 38.6. The molecule has 0 aliphatic carbocycles. The van der Waals surface area contributed by atoms with Gasteiger partial charge in [0.15, 0.2) is 0 Å². The maximum absolute atomic E-state index is 13.0. The molecule has 4 amide bonds. The third kappa shape index (κ3) is 5.08. The Morgan fingerprint density at radius 1 is 0.939 bits per heavy atom. The first-order chi connectivity index (χ1) is 15.8. The van der Waals surface area contributed by atoms with Crippen molar-refractivity contribution in [1.82, 2.24) is 5.32 Å². The first-order valence-corrected chi connectivity index (χ1v) is 10.7. The second-order valence-corrected chi connectivity index (χ2v) is 8.22.